The van der Waals surface area contributed by atoms with E-state index >= 15 is 0 Å². The Morgan fingerprint density at radius 3 is 2.61 bits per heavy atom. The molecule has 2 aromatic carbocycles. The lowest BCUT2D eigenvalue weighted by Gasteiger charge is -2.38. The molecule has 0 saturated carbocycles. The second kappa shape index (κ2) is 9.66. The number of fused-ring (bicyclic) bond motifs is 2. The normalized spacial score (nSPS) is 22.5. The average Bonchev–Trinajstić information content (AvgIpc) is 3.31. The molecule has 1 N–H and O–H groups in total. The summed E-state index contributed by atoms with van der Waals surface area (Å²) in [5.41, 5.74) is 4.84. The first-order valence-electron chi connectivity index (χ1n) is 13.5. The van der Waals surface area contributed by atoms with Crippen molar-refractivity contribution in [3.05, 3.63) is 59.3 Å². The summed E-state index contributed by atoms with van der Waals surface area (Å²) in [6.07, 6.45) is 1.35. The van der Waals surface area contributed by atoms with Crippen LogP contribution >= 0.6 is 0 Å². The Hall–Kier alpha value is -3.52. The predicted octanol–water partition coefficient (Wildman–Crippen LogP) is 4.02. The number of hydrogen-bond donors (Lipinski definition) is 1. The number of ketones is 1. The lowest BCUT2D eigenvalue weighted by atomic mass is 9.74. The van der Waals surface area contributed by atoms with Crippen molar-refractivity contribution < 1.29 is 19.1 Å². The van der Waals surface area contributed by atoms with E-state index in [-0.39, 0.29) is 36.5 Å². The van der Waals surface area contributed by atoms with Crippen LogP contribution in [0.2, 0.25) is 0 Å². The van der Waals surface area contributed by atoms with E-state index in [1.807, 2.05) is 41.3 Å². The smallest absolute Gasteiger partial charge is 0.242 e. The number of piperazine rings is 1. The van der Waals surface area contributed by atoms with Gasteiger partial charge in [0.2, 0.25) is 12.7 Å². The third-order valence-corrected chi connectivity index (χ3v) is 8.18. The Kier molecular flexibility index (Phi) is 6.30. The van der Waals surface area contributed by atoms with Crippen molar-refractivity contribution in [3.8, 4) is 11.5 Å². The van der Waals surface area contributed by atoms with Crippen LogP contribution in [-0.4, -0.2) is 67.0 Å². The maximum atomic E-state index is 13.6. The number of hydrogen-bond acceptors (Lipinski definition) is 7. The van der Waals surface area contributed by atoms with Crippen molar-refractivity contribution in [2.45, 2.75) is 46.2 Å². The fraction of sp³-hybridized carbons (Fsp3) is 0.467. The molecule has 1 saturated heterocycles. The molecule has 0 radical (unpaired) electrons. The number of allylic oxidation sites excluding steroid dienone is 1. The second-order valence-corrected chi connectivity index (χ2v) is 11.6. The number of benzene rings is 2. The summed E-state index contributed by atoms with van der Waals surface area (Å²) in [4.78, 5) is 33.3. The summed E-state index contributed by atoms with van der Waals surface area (Å²) >= 11 is 0. The Morgan fingerprint density at radius 2 is 1.79 bits per heavy atom. The van der Waals surface area contributed by atoms with Crippen LogP contribution in [0.5, 0.6) is 11.5 Å². The average molecular weight is 517 g/mol. The second-order valence-electron chi connectivity index (χ2n) is 11.6. The zero-order chi connectivity index (χ0) is 26.4. The van der Waals surface area contributed by atoms with Crippen LogP contribution in [0.4, 0.5) is 11.4 Å². The van der Waals surface area contributed by atoms with Crippen molar-refractivity contribution in [3.63, 3.8) is 0 Å². The van der Waals surface area contributed by atoms with Gasteiger partial charge in [0.15, 0.2) is 17.3 Å². The van der Waals surface area contributed by atoms with Gasteiger partial charge in [0, 0.05) is 50.4 Å². The number of nitrogens with one attached hydrogen (secondary N) is 1. The molecule has 1 unspecified atom stereocenters. The molecule has 8 heteroatoms. The number of rotatable bonds is 4. The van der Waals surface area contributed by atoms with Gasteiger partial charge in [-0.05, 0) is 48.6 Å². The Labute approximate surface area is 224 Å². The highest BCUT2D eigenvalue weighted by atomic mass is 16.7. The molecule has 4 aliphatic rings. The third kappa shape index (κ3) is 4.73. The summed E-state index contributed by atoms with van der Waals surface area (Å²) in [7, 11) is 0. The van der Waals surface area contributed by atoms with Gasteiger partial charge < -0.3 is 24.6 Å². The van der Waals surface area contributed by atoms with Gasteiger partial charge in [-0.1, -0.05) is 32.0 Å². The Morgan fingerprint density at radius 1 is 1.03 bits per heavy atom. The van der Waals surface area contributed by atoms with Crippen LogP contribution < -0.4 is 19.7 Å². The summed E-state index contributed by atoms with van der Waals surface area (Å²) in [5, 5.41) is 3.57. The molecule has 1 amide bonds. The molecule has 200 valence electrons. The molecule has 3 aliphatic heterocycles. The van der Waals surface area contributed by atoms with Crippen molar-refractivity contribution in [1.29, 1.82) is 0 Å². The van der Waals surface area contributed by atoms with Gasteiger partial charge in [-0.15, -0.1) is 0 Å². The Balaban J connectivity index is 1.14. The number of carbonyl (C=O) groups excluding carboxylic acids is 2. The van der Waals surface area contributed by atoms with Crippen LogP contribution in [-0.2, 0) is 16.1 Å². The van der Waals surface area contributed by atoms with Crippen LogP contribution in [0.25, 0.3) is 0 Å². The van der Waals surface area contributed by atoms with E-state index in [2.05, 4.69) is 42.0 Å². The molecule has 8 nitrogen and oxygen atoms in total. The van der Waals surface area contributed by atoms with Crippen LogP contribution in [0.3, 0.4) is 0 Å². The highest BCUT2D eigenvalue weighted by Crippen LogP contribution is 2.43. The highest BCUT2D eigenvalue weighted by molar-refractivity contribution is 6.01. The van der Waals surface area contributed by atoms with Crippen molar-refractivity contribution in [2.24, 2.45) is 5.41 Å². The largest absolute Gasteiger partial charge is 0.454 e. The number of Topliss-reactive ketones (excluding diaryl/α,β-unsaturated/α-hetero) is 1. The summed E-state index contributed by atoms with van der Waals surface area (Å²) in [5.74, 6) is 1.88. The SMILES string of the molecule is CC1C2=C(CC(C)(C)CC2=O)Nc2ccccc2N1CC(=O)N1CCN(Cc2ccc3c(c2)OCO3)CC1. The van der Waals surface area contributed by atoms with Crippen molar-refractivity contribution in [1.82, 2.24) is 9.80 Å². The number of anilines is 2. The summed E-state index contributed by atoms with van der Waals surface area (Å²) in [6.45, 7) is 10.7. The molecule has 1 aliphatic carbocycles. The summed E-state index contributed by atoms with van der Waals surface area (Å²) < 4.78 is 10.9. The van der Waals surface area contributed by atoms with Gasteiger partial charge in [0.1, 0.15) is 0 Å². The third-order valence-electron chi connectivity index (χ3n) is 8.18. The van der Waals surface area contributed by atoms with E-state index in [1.165, 1.54) is 5.56 Å². The van der Waals surface area contributed by atoms with Crippen LogP contribution in [0, 0.1) is 5.41 Å². The molecule has 2 aromatic rings. The van der Waals surface area contributed by atoms with Crippen LogP contribution in [0.1, 0.15) is 39.2 Å². The van der Waals surface area contributed by atoms with Crippen molar-refractivity contribution in [2.75, 3.05) is 49.7 Å². The maximum absolute atomic E-state index is 13.6. The highest BCUT2D eigenvalue weighted by Gasteiger charge is 2.39. The fourth-order valence-corrected chi connectivity index (χ4v) is 6.21. The molecule has 3 heterocycles. The topological polar surface area (TPSA) is 74.4 Å². The number of para-hydroxylation sites is 2. The lowest BCUT2D eigenvalue weighted by Crippen LogP contribution is -2.52. The molecule has 38 heavy (non-hydrogen) atoms. The predicted molar refractivity (Wildman–Crippen MR) is 146 cm³/mol. The van der Waals surface area contributed by atoms with E-state index in [9.17, 15) is 9.59 Å². The van der Waals surface area contributed by atoms with Crippen LogP contribution in [0.15, 0.2) is 53.7 Å². The zero-order valence-electron chi connectivity index (χ0n) is 22.5. The van der Waals surface area contributed by atoms with E-state index < -0.39 is 0 Å². The first-order chi connectivity index (χ1) is 18.3. The Bertz CT molecular complexity index is 1290. The number of nitrogens with zero attached hydrogens (tertiary/aromatic N) is 3. The van der Waals surface area contributed by atoms with E-state index in [4.69, 9.17) is 9.47 Å². The van der Waals surface area contributed by atoms with Gasteiger partial charge in [0.25, 0.3) is 0 Å². The first-order valence-corrected chi connectivity index (χ1v) is 13.5. The molecule has 0 bridgehead atoms. The first kappa shape index (κ1) is 24.8. The number of carbonyl (C=O) groups is 2. The standard InChI is InChI=1S/C30H36N4O4/c1-20-29-23(15-30(2,3)16-25(29)35)31-22-6-4-5-7-24(22)34(20)18-28(36)33-12-10-32(11-13-33)17-21-8-9-26-27(14-21)38-19-37-26/h4-9,14,20,31H,10-13,15-19H2,1-3H3. The van der Waals surface area contributed by atoms with E-state index in [0.29, 0.717) is 19.5 Å². The lowest BCUT2D eigenvalue weighted by molar-refractivity contribution is -0.131. The minimum absolute atomic E-state index is 0.0805. The molecule has 1 fully saturated rings. The van der Waals surface area contributed by atoms with E-state index in [1.54, 1.807) is 0 Å². The van der Waals surface area contributed by atoms with Gasteiger partial charge >= 0.3 is 0 Å². The number of amides is 1. The minimum atomic E-state index is -0.180. The molecular formula is C30H36N4O4. The maximum Gasteiger partial charge on any atom is 0.242 e. The quantitative estimate of drug-likeness (QED) is 0.658. The van der Waals surface area contributed by atoms with E-state index in [0.717, 1.165) is 60.2 Å². The van der Waals surface area contributed by atoms with Gasteiger partial charge in [-0.25, -0.2) is 0 Å². The van der Waals surface area contributed by atoms with Gasteiger partial charge in [-0.3, -0.25) is 14.5 Å². The summed E-state index contributed by atoms with van der Waals surface area (Å²) in [6, 6.07) is 14.0. The molecule has 1 atom stereocenters. The van der Waals surface area contributed by atoms with Gasteiger partial charge in [0.05, 0.1) is 24.0 Å². The minimum Gasteiger partial charge on any atom is -0.454 e. The number of ether oxygens (including phenoxy) is 2. The monoisotopic (exact) mass is 516 g/mol. The molecular weight excluding hydrogens is 480 g/mol. The molecule has 0 aromatic heterocycles. The molecule has 0 spiro atoms. The fourth-order valence-electron chi connectivity index (χ4n) is 6.21. The molecule has 6 rings (SSSR count). The van der Waals surface area contributed by atoms with Gasteiger partial charge in [-0.2, -0.15) is 0 Å². The zero-order valence-corrected chi connectivity index (χ0v) is 22.5. The van der Waals surface area contributed by atoms with Crippen molar-refractivity contribution >= 4 is 23.1 Å².